The minimum atomic E-state index is -1.00. The van der Waals surface area contributed by atoms with E-state index in [-0.39, 0.29) is 11.9 Å². The third-order valence-corrected chi connectivity index (χ3v) is 4.26. The number of aliphatic carboxylic acids is 1. The predicted molar refractivity (Wildman–Crippen MR) is 67.6 cm³/mol. The van der Waals surface area contributed by atoms with Crippen molar-refractivity contribution in [1.29, 1.82) is 0 Å². The molecule has 4 rings (SSSR count). The van der Waals surface area contributed by atoms with Crippen molar-refractivity contribution in [2.45, 2.75) is 37.8 Å². The number of carbonyl (C=O) groups is 2. The summed E-state index contributed by atoms with van der Waals surface area (Å²) in [7, 11) is 0. The van der Waals surface area contributed by atoms with Crippen LogP contribution in [0.5, 0.6) is 0 Å². The number of pyridine rings is 1. The molecule has 0 radical (unpaired) electrons. The maximum atomic E-state index is 12.5. The van der Waals surface area contributed by atoms with Gasteiger partial charge in [0.2, 0.25) is 0 Å². The second-order valence-corrected chi connectivity index (χ2v) is 5.63. The van der Waals surface area contributed by atoms with Crippen LogP contribution < -0.4 is 0 Å². The van der Waals surface area contributed by atoms with Crippen LogP contribution in [0.25, 0.3) is 0 Å². The Morgan fingerprint density at radius 2 is 2.21 bits per heavy atom. The number of carboxylic acid groups (broad SMARTS) is 1. The van der Waals surface area contributed by atoms with Gasteiger partial charge >= 0.3 is 5.97 Å². The lowest BCUT2D eigenvalue weighted by atomic mass is 9.64. The van der Waals surface area contributed by atoms with Crippen LogP contribution in [-0.2, 0) is 4.79 Å². The monoisotopic (exact) mass is 260 g/mol. The number of rotatable bonds is 2. The molecule has 100 valence electrons. The second kappa shape index (κ2) is 4.05. The SMILES string of the molecule is C[C@H]1C[C@H]2C[C@@](C(=O)O)(C1)N2C(=O)c1ccccn1. The average molecular weight is 260 g/mol. The summed E-state index contributed by atoms with van der Waals surface area (Å²) in [6.07, 6.45) is 3.55. The molecule has 0 unspecified atom stereocenters. The van der Waals surface area contributed by atoms with Crippen molar-refractivity contribution in [3.8, 4) is 0 Å². The first kappa shape index (κ1) is 12.1. The first-order chi connectivity index (χ1) is 9.04. The molecule has 2 bridgehead atoms. The highest BCUT2D eigenvalue weighted by atomic mass is 16.4. The summed E-state index contributed by atoms with van der Waals surface area (Å²) in [4.78, 5) is 29.6. The maximum Gasteiger partial charge on any atom is 0.329 e. The van der Waals surface area contributed by atoms with Crippen LogP contribution in [0.1, 0.15) is 36.7 Å². The van der Waals surface area contributed by atoms with Crippen molar-refractivity contribution in [1.82, 2.24) is 9.88 Å². The molecule has 3 heterocycles. The molecule has 5 nitrogen and oxygen atoms in total. The number of carboxylic acids is 1. The molecule has 5 heteroatoms. The normalized spacial score (nSPS) is 32.6. The molecule has 1 aromatic heterocycles. The van der Waals surface area contributed by atoms with Crippen molar-refractivity contribution in [3.63, 3.8) is 0 Å². The van der Waals surface area contributed by atoms with E-state index < -0.39 is 11.5 Å². The van der Waals surface area contributed by atoms with Gasteiger partial charge in [-0.3, -0.25) is 9.78 Å². The van der Waals surface area contributed by atoms with E-state index in [9.17, 15) is 14.7 Å². The van der Waals surface area contributed by atoms with Crippen molar-refractivity contribution in [3.05, 3.63) is 30.1 Å². The van der Waals surface area contributed by atoms with E-state index in [2.05, 4.69) is 4.98 Å². The van der Waals surface area contributed by atoms with Gasteiger partial charge in [0.25, 0.3) is 5.91 Å². The highest BCUT2D eigenvalue weighted by molar-refractivity contribution is 5.98. The summed E-state index contributed by atoms with van der Waals surface area (Å²) in [5.74, 6) is -0.798. The van der Waals surface area contributed by atoms with Gasteiger partial charge in [-0.15, -0.1) is 0 Å². The highest BCUT2D eigenvalue weighted by Gasteiger charge is 2.63. The Morgan fingerprint density at radius 1 is 1.42 bits per heavy atom. The van der Waals surface area contributed by atoms with Gasteiger partial charge in [0.1, 0.15) is 11.2 Å². The highest BCUT2D eigenvalue weighted by Crippen LogP contribution is 2.50. The number of nitrogens with zero attached hydrogens (tertiary/aromatic N) is 2. The van der Waals surface area contributed by atoms with Gasteiger partial charge in [-0.25, -0.2) is 4.79 Å². The average Bonchev–Trinajstić information content (AvgIpc) is 2.38. The molecular weight excluding hydrogens is 244 g/mol. The number of amides is 1. The Balaban J connectivity index is 1.93. The van der Waals surface area contributed by atoms with Gasteiger partial charge < -0.3 is 10.0 Å². The summed E-state index contributed by atoms with van der Waals surface area (Å²) in [6, 6.07) is 5.17. The fourth-order valence-corrected chi connectivity index (χ4v) is 3.56. The fourth-order valence-electron chi connectivity index (χ4n) is 3.56. The van der Waals surface area contributed by atoms with Gasteiger partial charge in [-0.2, -0.15) is 0 Å². The topological polar surface area (TPSA) is 70.5 Å². The Bertz CT molecular complexity index is 531. The molecule has 0 aromatic carbocycles. The van der Waals surface area contributed by atoms with Crippen molar-refractivity contribution in [2.24, 2.45) is 5.92 Å². The molecule has 1 aromatic rings. The molecule has 0 spiro atoms. The van der Waals surface area contributed by atoms with Crippen LogP contribution in [0.2, 0.25) is 0 Å². The Labute approximate surface area is 111 Å². The lowest BCUT2D eigenvalue weighted by Crippen LogP contribution is -2.74. The lowest BCUT2D eigenvalue weighted by Gasteiger charge is -2.60. The van der Waals surface area contributed by atoms with Gasteiger partial charge in [0, 0.05) is 18.7 Å². The molecule has 2 saturated heterocycles. The quantitative estimate of drug-likeness (QED) is 0.875. The van der Waals surface area contributed by atoms with E-state index >= 15 is 0 Å². The summed E-state index contributed by atoms with van der Waals surface area (Å²) in [5, 5.41) is 9.51. The minimum absolute atomic E-state index is 0.0503. The van der Waals surface area contributed by atoms with E-state index in [0.717, 1.165) is 6.42 Å². The van der Waals surface area contributed by atoms with E-state index in [0.29, 0.717) is 24.5 Å². The Morgan fingerprint density at radius 3 is 2.84 bits per heavy atom. The zero-order valence-electron chi connectivity index (χ0n) is 10.7. The summed E-state index contributed by atoms with van der Waals surface area (Å²) >= 11 is 0. The van der Waals surface area contributed by atoms with E-state index in [1.165, 1.54) is 4.90 Å². The standard InChI is InChI=1S/C14H16N2O3/c1-9-6-10-8-14(7-9,13(18)19)16(10)12(17)11-4-2-3-5-15-11/h2-5,9-10H,6-8H2,1H3,(H,18,19)/t9-,10-,14+/m0/s1. The minimum Gasteiger partial charge on any atom is -0.479 e. The molecule has 1 aliphatic carbocycles. The molecule has 2 aliphatic heterocycles. The van der Waals surface area contributed by atoms with Crippen LogP contribution in [0.4, 0.5) is 0 Å². The molecule has 1 N–H and O–H groups in total. The number of fused-ring (bicyclic) bond motifs is 2. The van der Waals surface area contributed by atoms with Crippen LogP contribution >= 0.6 is 0 Å². The van der Waals surface area contributed by atoms with Gasteiger partial charge in [0.05, 0.1) is 0 Å². The third-order valence-electron chi connectivity index (χ3n) is 4.26. The van der Waals surface area contributed by atoms with Crippen LogP contribution in [0.15, 0.2) is 24.4 Å². The number of carbonyl (C=O) groups excluding carboxylic acids is 1. The number of hydrogen-bond acceptors (Lipinski definition) is 3. The first-order valence-electron chi connectivity index (χ1n) is 6.53. The molecular formula is C14H16N2O3. The van der Waals surface area contributed by atoms with Crippen molar-refractivity contribution in [2.75, 3.05) is 0 Å². The molecule has 3 atom stereocenters. The van der Waals surface area contributed by atoms with Gasteiger partial charge in [-0.1, -0.05) is 13.0 Å². The van der Waals surface area contributed by atoms with Gasteiger partial charge in [-0.05, 0) is 30.9 Å². The molecule has 3 fully saturated rings. The van der Waals surface area contributed by atoms with Gasteiger partial charge in [0.15, 0.2) is 0 Å². The van der Waals surface area contributed by atoms with Crippen molar-refractivity contribution >= 4 is 11.9 Å². The predicted octanol–water partition coefficient (Wildman–Crippen LogP) is 1.55. The van der Waals surface area contributed by atoms with E-state index in [1.807, 2.05) is 6.92 Å². The van der Waals surface area contributed by atoms with Crippen LogP contribution in [0, 0.1) is 5.92 Å². The fraction of sp³-hybridized carbons (Fsp3) is 0.500. The van der Waals surface area contributed by atoms with Crippen LogP contribution in [-0.4, -0.2) is 38.4 Å². The number of aromatic nitrogens is 1. The lowest BCUT2D eigenvalue weighted by molar-refractivity contribution is -0.174. The second-order valence-electron chi connectivity index (χ2n) is 5.63. The van der Waals surface area contributed by atoms with Crippen molar-refractivity contribution < 1.29 is 14.7 Å². The smallest absolute Gasteiger partial charge is 0.329 e. The summed E-state index contributed by atoms with van der Waals surface area (Å²) in [5.41, 5.74) is -0.677. The molecule has 1 amide bonds. The largest absolute Gasteiger partial charge is 0.479 e. The third kappa shape index (κ3) is 1.64. The Hall–Kier alpha value is -1.91. The van der Waals surface area contributed by atoms with E-state index in [1.54, 1.807) is 24.4 Å². The Kier molecular flexibility index (Phi) is 2.59. The number of hydrogen-bond donors (Lipinski definition) is 1. The number of piperidine rings is 1. The zero-order valence-corrected chi connectivity index (χ0v) is 10.7. The van der Waals surface area contributed by atoms with E-state index in [4.69, 9.17) is 0 Å². The zero-order chi connectivity index (χ0) is 13.6. The summed E-state index contributed by atoms with van der Waals surface area (Å²) in [6.45, 7) is 2.05. The molecule has 1 saturated carbocycles. The first-order valence-corrected chi connectivity index (χ1v) is 6.53. The molecule has 3 aliphatic rings. The van der Waals surface area contributed by atoms with Crippen LogP contribution in [0.3, 0.4) is 0 Å². The maximum absolute atomic E-state index is 12.5. The molecule has 19 heavy (non-hydrogen) atoms. The summed E-state index contributed by atoms with van der Waals surface area (Å²) < 4.78 is 0.